The van der Waals surface area contributed by atoms with Crippen LogP contribution in [0.1, 0.15) is 84.3 Å². The smallest absolute Gasteiger partial charge is 0.390 e. The number of amides is 1. The number of aryl methyl sites for hydroxylation is 2. The molecule has 0 radical (unpaired) electrons. The molecular weight excluding hydrogens is 543 g/mol. The van der Waals surface area contributed by atoms with E-state index in [1.54, 1.807) is 25.2 Å². The Hall–Kier alpha value is -3.02. The molecule has 2 aliphatic rings. The molecule has 1 aromatic carbocycles. The quantitative estimate of drug-likeness (QED) is 0.381. The Kier molecular flexibility index (Phi) is 7.43. The van der Waals surface area contributed by atoms with Crippen LogP contribution >= 0.6 is 11.3 Å². The van der Waals surface area contributed by atoms with Crippen molar-refractivity contribution < 1.29 is 28.2 Å². The third-order valence-corrected chi connectivity index (χ3v) is 8.90. The highest BCUT2D eigenvalue weighted by Crippen LogP contribution is 2.54. The van der Waals surface area contributed by atoms with E-state index in [0.717, 1.165) is 47.9 Å². The second-order valence-electron chi connectivity index (χ2n) is 11.4. The molecule has 5 rings (SSSR count). The molecule has 40 heavy (non-hydrogen) atoms. The molecule has 1 fully saturated rings. The first kappa shape index (κ1) is 28.5. The van der Waals surface area contributed by atoms with E-state index in [1.807, 2.05) is 0 Å². The molecule has 0 spiro atoms. The van der Waals surface area contributed by atoms with Crippen molar-refractivity contribution in [3.8, 4) is 0 Å². The normalized spacial score (nSPS) is 17.7. The molecule has 3 heterocycles. The van der Waals surface area contributed by atoms with Gasteiger partial charge in [0.1, 0.15) is 5.82 Å². The van der Waals surface area contributed by atoms with Gasteiger partial charge in [-0.25, -0.2) is 4.98 Å². The number of fused-ring (bicyclic) bond motifs is 1. The minimum absolute atomic E-state index is 0.0834. The third kappa shape index (κ3) is 5.87. The first-order valence-electron chi connectivity index (χ1n) is 13.3. The summed E-state index contributed by atoms with van der Waals surface area (Å²) in [4.78, 5) is 36.6. The lowest BCUT2D eigenvalue weighted by atomic mass is 9.98. The highest BCUT2D eigenvalue weighted by molar-refractivity contribution is 7.10. The van der Waals surface area contributed by atoms with Crippen LogP contribution in [0.3, 0.4) is 0 Å². The summed E-state index contributed by atoms with van der Waals surface area (Å²) in [6.07, 6.45) is -2.32. The molecule has 11 heteroatoms. The Morgan fingerprint density at radius 3 is 2.67 bits per heavy atom. The lowest BCUT2D eigenvalue weighted by Crippen LogP contribution is -2.36. The molecule has 1 atom stereocenters. The first-order chi connectivity index (χ1) is 18.8. The van der Waals surface area contributed by atoms with Crippen LogP contribution in [0.4, 0.5) is 13.2 Å². The molecule has 1 saturated carbocycles. The van der Waals surface area contributed by atoms with Gasteiger partial charge in [0.05, 0.1) is 34.4 Å². The first-order valence-corrected chi connectivity index (χ1v) is 14.2. The number of hydrogen-bond acceptors (Lipinski definition) is 6. The van der Waals surface area contributed by atoms with Crippen molar-refractivity contribution in [3.05, 3.63) is 84.7 Å². The fraction of sp³-hybridized carbons (Fsp3) is 0.483. The molecule has 1 aliphatic heterocycles. The van der Waals surface area contributed by atoms with Gasteiger partial charge >= 0.3 is 6.18 Å². The van der Waals surface area contributed by atoms with Gasteiger partial charge in [0, 0.05) is 11.4 Å². The minimum atomic E-state index is -4.60. The topological polar surface area (TPSA) is 107 Å². The Labute approximate surface area is 233 Å². The van der Waals surface area contributed by atoms with E-state index in [4.69, 9.17) is 4.98 Å². The number of aromatic nitrogens is 2. The van der Waals surface area contributed by atoms with Crippen LogP contribution in [-0.4, -0.2) is 43.1 Å². The number of nitrogens with zero attached hydrogens (tertiary/aromatic N) is 2. The number of benzene rings is 1. The van der Waals surface area contributed by atoms with Gasteiger partial charge in [-0.2, -0.15) is 13.2 Å². The molecule has 3 aromatic rings. The van der Waals surface area contributed by atoms with E-state index in [1.165, 1.54) is 11.0 Å². The van der Waals surface area contributed by atoms with Gasteiger partial charge in [-0.3, -0.25) is 9.59 Å². The molecule has 7 nitrogen and oxygen atoms in total. The standard InChI is InChI=1S/C29H32F3N3O4S/c1-27(2,39)9-8-17-13-22(40-16-17)28(10-11-28)26-33-21-7-4-12-35(15-20(21)24(37)34-26)25(38)23(36)18-5-3-6-19(14-18)29(30,31)32/h3,5-6,13-14,16,23,36,39H,4,7-12,15H2,1-2H3,(H,33,34,37)/t23-/m1/s1. The summed E-state index contributed by atoms with van der Waals surface area (Å²) in [5.74, 6) is -0.151. The second-order valence-corrected chi connectivity index (χ2v) is 12.4. The number of aliphatic hydroxyl groups is 2. The van der Waals surface area contributed by atoms with E-state index in [2.05, 4.69) is 16.4 Å². The third-order valence-electron chi connectivity index (χ3n) is 7.72. The summed E-state index contributed by atoms with van der Waals surface area (Å²) in [7, 11) is 0. The maximum absolute atomic E-state index is 13.3. The highest BCUT2D eigenvalue weighted by Gasteiger charge is 2.50. The number of rotatable bonds is 7. The van der Waals surface area contributed by atoms with E-state index >= 15 is 0 Å². The number of aliphatic hydroxyl groups excluding tert-OH is 1. The van der Waals surface area contributed by atoms with Crippen LogP contribution in [0.2, 0.25) is 0 Å². The molecule has 1 aliphatic carbocycles. The molecule has 0 bridgehead atoms. The predicted molar refractivity (Wildman–Crippen MR) is 144 cm³/mol. The fourth-order valence-corrected chi connectivity index (χ4v) is 6.38. The number of hydrogen-bond donors (Lipinski definition) is 3. The van der Waals surface area contributed by atoms with Crippen molar-refractivity contribution in [2.24, 2.45) is 0 Å². The molecule has 0 unspecified atom stereocenters. The van der Waals surface area contributed by atoms with Gasteiger partial charge < -0.3 is 20.1 Å². The number of aromatic amines is 1. The Bertz CT molecular complexity index is 1470. The van der Waals surface area contributed by atoms with Crippen LogP contribution in [-0.2, 0) is 35.8 Å². The summed E-state index contributed by atoms with van der Waals surface area (Å²) in [6.45, 7) is 3.72. The number of carbonyl (C=O) groups is 1. The van der Waals surface area contributed by atoms with Crippen LogP contribution < -0.4 is 5.56 Å². The number of halogens is 3. The summed E-state index contributed by atoms with van der Waals surface area (Å²) >= 11 is 1.62. The number of thiophene rings is 1. The van der Waals surface area contributed by atoms with Crippen LogP contribution in [0.5, 0.6) is 0 Å². The summed E-state index contributed by atoms with van der Waals surface area (Å²) in [6, 6.07) is 6.21. The van der Waals surface area contributed by atoms with Crippen molar-refractivity contribution >= 4 is 17.2 Å². The van der Waals surface area contributed by atoms with Crippen LogP contribution in [0.15, 0.2) is 40.5 Å². The van der Waals surface area contributed by atoms with Crippen molar-refractivity contribution in [1.82, 2.24) is 14.9 Å². The minimum Gasteiger partial charge on any atom is -0.390 e. The molecule has 214 valence electrons. The van der Waals surface area contributed by atoms with Gasteiger partial charge in [-0.1, -0.05) is 12.1 Å². The van der Waals surface area contributed by atoms with E-state index in [9.17, 15) is 33.0 Å². The van der Waals surface area contributed by atoms with Crippen LogP contribution in [0.25, 0.3) is 0 Å². The lowest BCUT2D eigenvalue weighted by molar-refractivity contribution is -0.142. The zero-order valence-corrected chi connectivity index (χ0v) is 23.2. The molecule has 2 aromatic heterocycles. The van der Waals surface area contributed by atoms with E-state index < -0.39 is 29.4 Å². The van der Waals surface area contributed by atoms with Gasteiger partial charge in [-0.05, 0) is 87.1 Å². The predicted octanol–water partition coefficient (Wildman–Crippen LogP) is 4.64. The second kappa shape index (κ2) is 10.4. The Morgan fingerprint density at radius 1 is 1.25 bits per heavy atom. The Balaban J connectivity index is 1.36. The molecular formula is C29H32F3N3O4S. The zero-order valence-electron chi connectivity index (χ0n) is 22.3. The lowest BCUT2D eigenvalue weighted by Gasteiger charge is -2.24. The van der Waals surface area contributed by atoms with Gasteiger partial charge in [0.2, 0.25) is 0 Å². The van der Waals surface area contributed by atoms with E-state index in [0.29, 0.717) is 36.3 Å². The Morgan fingerprint density at radius 2 is 2.00 bits per heavy atom. The fourth-order valence-electron chi connectivity index (χ4n) is 5.17. The maximum Gasteiger partial charge on any atom is 0.416 e. The maximum atomic E-state index is 13.3. The largest absolute Gasteiger partial charge is 0.416 e. The number of alkyl halides is 3. The number of carbonyl (C=O) groups excluding carboxylic acids is 1. The van der Waals surface area contributed by atoms with Gasteiger partial charge in [0.25, 0.3) is 11.5 Å². The van der Waals surface area contributed by atoms with Crippen molar-refractivity contribution in [3.63, 3.8) is 0 Å². The monoisotopic (exact) mass is 575 g/mol. The van der Waals surface area contributed by atoms with Gasteiger partial charge in [-0.15, -0.1) is 11.3 Å². The SMILES string of the molecule is CC(C)(O)CCc1csc(C2(c3nc4c(c(=O)[nH]3)CN(C(=O)[C@H](O)c3cccc(C(F)(F)F)c3)CCC4)CC2)c1. The molecule has 1 amide bonds. The van der Waals surface area contributed by atoms with E-state index in [-0.39, 0.29) is 29.6 Å². The number of H-pyrrole nitrogens is 1. The van der Waals surface area contributed by atoms with Crippen molar-refractivity contribution in [2.45, 2.75) is 82.2 Å². The average Bonchev–Trinajstić information content (AvgIpc) is 3.61. The number of nitrogens with one attached hydrogen (secondary N) is 1. The van der Waals surface area contributed by atoms with Crippen LogP contribution in [0, 0.1) is 0 Å². The average molecular weight is 576 g/mol. The molecule has 3 N–H and O–H groups in total. The summed E-state index contributed by atoms with van der Waals surface area (Å²) in [5, 5.41) is 22.8. The molecule has 0 saturated heterocycles. The van der Waals surface area contributed by atoms with Crippen molar-refractivity contribution in [1.29, 1.82) is 0 Å². The van der Waals surface area contributed by atoms with Crippen molar-refractivity contribution in [2.75, 3.05) is 6.54 Å². The highest BCUT2D eigenvalue weighted by atomic mass is 32.1. The zero-order chi connectivity index (χ0) is 28.9. The summed E-state index contributed by atoms with van der Waals surface area (Å²) < 4.78 is 39.4. The van der Waals surface area contributed by atoms with Gasteiger partial charge in [0.15, 0.2) is 6.10 Å². The summed E-state index contributed by atoms with van der Waals surface area (Å²) in [5.41, 5.74) is -0.478.